The van der Waals surface area contributed by atoms with Crippen LogP contribution in [0, 0.1) is 0 Å². The molecule has 3 heteroatoms. The maximum atomic E-state index is 9.02. The monoisotopic (exact) mass is 160 g/mol. The molecule has 11 heavy (non-hydrogen) atoms. The van der Waals surface area contributed by atoms with Crippen molar-refractivity contribution < 1.29 is 5.11 Å². The number of rotatable bonds is 5. The van der Waals surface area contributed by atoms with Gasteiger partial charge < -0.3 is 15.7 Å². The molecule has 0 radical (unpaired) electrons. The first kappa shape index (κ1) is 10.9. The summed E-state index contributed by atoms with van der Waals surface area (Å²) in [4.78, 5) is 2.10. The molecule has 3 nitrogen and oxygen atoms in total. The van der Waals surface area contributed by atoms with Gasteiger partial charge in [-0.1, -0.05) is 0 Å². The third-order valence-electron chi connectivity index (χ3n) is 1.92. The number of aliphatic hydroxyl groups excluding tert-OH is 1. The molecule has 0 aliphatic rings. The summed E-state index contributed by atoms with van der Waals surface area (Å²) in [5.74, 6) is 0. The van der Waals surface area contributed by atoms with Gasteiger partial charge in [-0.15, -0.1) is 0 Å². The van der Waals surface area contributed by atoms with Crippen LogP contribution in [0.3, 0.4) is 0 Å². The normalized spacial score (nSPS) is 16.9. The van der Waals surface area contributed by atoms with Gasteiger partial charge in [0.1, 0.15) is 0 Å². The highest BCUT2D eigenvalue weighted by Gasteiger charge is 2.09. The van der Waals surface area contributed by atoms with Crippen LogP contribution in [0.5, 0.6) is 0 Å². The molecule has 0 aliphatic heterocycles. The van der Waals surface area contributed by atoms with Crippen molar-refractivity contribution in [2.24, 2.45) is 5.73 Å². The van der Waals surface area contributed by atoms with Crippen molar-refractivity contribution in [1.29, 1.82) is 0 Å². The summed E-state index contributed by atoms with van der Waals surface area (Å²) in [5.41, 5.74) is 5.54. The van der Waals surface area contributed by atoms with E-state index in [4.69, 9.17) is 10.8 Å². The first-order chi connectivity index (χ1) is 5.07. The minimum absolute atomic E-state index is 0.205. The van der Waals surface area contributed by atoms with Gasteiger partial charge in [-0.3, -0.25) is 0 Å². The SMILES string of the molecule is CC(O)CCC(CN)N(C)C. The van der Waals surface area contributed by atoms with E-state index in [2.05, 4.69) is 4.90 Å². The Hall–Kier alpha value is -0.120. The molecular weight excluding hydrogens is 140 g/mol. The molecule has 2 unspecified atom stereocenters. The highest BCUT2D eigenvalue weighted by molar-refractivity contribution is 4.67. The number of nitrogens with two attached hydrogens (primary N) is 1. The Morgan fingerprint density at radius 1 is 1.36 bits per heavy atom. The van der Waals surface area contributed by atoms with Crippen molar-refractivity contribution >= 4 is 0 Å². The van der Waals surface area contributed by atoms with E-state index in [1.807, 2.05) is 21.0 Å². The topological polar surface area (TPSA) is 49.5 Å². The molecule has 0 spiro atoms. The number of aliphatic hydroxyl groups is 1. The zero-order chi connectivity index (χ0) is 8.85. The van der Waals surface area contributed by atoms with Gasteiger partial charge in [0.2, 0.25) is 0 Å². The highest BCUT2D eigenvalue weighted by Crippen LogP contribution is 2.04. The van der Waals surface area contributed by atoms with Crippen molar-refractivity contribution in [3.63, 3.8) is 0 Å². The number of nitrogens with zero attached hydrogens (tertiary/aromatic N) is 1. The van der Waals surface area contributed by atoms with Crippen molar-refractivity contribution in [2.45, 2.75) is 31.9 Å². The second kappa shape index (κ2) is 5.52. The Morgan fingerprint density at radius 3 is 2.18 bits per heavy atom. The van der Waals surface area contributed by atoms with Crippen LogP contribution in [0.1, 0.15) is 19.8 Å². The lowest BCUT2D eigenvalue weighted by molar-refractivity contribution is 0.163. The molecule has 0 aromatic rings. The zero-order valence-electron chi connectivity index (χ0n) is 7.75. The van der Waals surface area contributed by atoms with Gasteiger partial charge in [-0.2, -0.15) is 0 Å². The Kier molecular flexibility index (Phi) is 5.46. The molecule has 0 saturated carbocycles. The lowest BCUT2D eigenvalue weighted by Gasteiger charge is -2.22. The predicted octanol–water partition coefficient (Wildman–Crippen LogP) is 0.0363. The van der Waals surface area contributed by atoms with E-state index in [0.29, 0.717) is 12.6 Å². The maximum Gasteiger partial charge on any atom is 0.0512 e. The molecular formula is C8H20N2O. The zero-order valence-corrected chi connectivity index (χ0v) is 7.75. The Bertz CT molecular complexity index is 94.1. The molecule has 0 fully saturated rings. The van der Waals surface area contributed by atoms with E-state index in [0.717, 1.165) is 12.8 Å². The number of hydrogen-bond acceptors (Lipinski definition) is 3. The number of hydrogen-bond donors (Lipinski definition) is 2. The fourth-order valence-electron chi connectivity index (χ4n) is 1.02. The van der Waals surface area contributed by atoms with Crippen LogP contribution in [0.25, 0.3) is 0 Å². The molecule has 0 heterocycles. The molecule has 0 bridgehead atoms. The quantitative estimate of drug-likeness (QED) is 0.597. The molecule has 0 aromatic carbocycles. The highest BCUT2D eigenvalue weighted by atomic mass is 16.3. The maximum absolute atomic E-state index is 9.02. The lowest BCUT2D eigenvalue weighted by Crippen LogP contribution is -2.35. The van der Waals surface area contributed by atoms with Crippen LogP contribution < -0.4 is 5.73 Å². The van der Waals surface area contributed by atoms with Gasteiger partial charge in [-0.05, 0) is 33.9 Å². The fourth-order valence-corrected chi connectivity index (χ4v) is 1.02. The predicted molar refractivity (Wildman–Crippen MR) is 47.4 cm³/mol. The van der Waals surface area contributed by atoms with E-state index < -0.39 is 0 Å². The largest absolute Gasteiger partial charge is 0.393 e. The third kappa shape index (κ3) is 5.18. The summed E-state index contributed by atoms with van der Waals surface area (Å²) >= 11 is 0. The van der Waals surface area contributed by atoms with Gasteiger partial charge in [0.05, 0.1) is 6.10 Å². The Morgan fingerprint density at radius 2 is 1.91 bits per heavy atom. The summed E-state index contributed by atoms with van der Waals surface area (Å²) in [7, 11) is 4.03. The lowest BCUT2D eigenvalue weighted by atomic mass is 10.1. The summed E-state index contributed by atoms with van der Waals surface area (Å²) in [6.07, 6.45) is 1.60. The molecule has 2 atom stereocenters. The second-order valence-corrected chi connectivity index (χ2v) is 3.28. The van der Waals surface area contributed by atoms with Gasteiger partial charge >= 0.3 is 0 Å². The average Bonchev–Trinajstić information content (AvgIpc) is 1.87. The molecule has 68 valence electrons. The molecule has 3 N–H and O–H groups in total. The Balaban J connectivity index is 3.52. The summed E-state index contributed by atoms with van der Waals surface area (Å²) in [6, 6.07) is 0.407. The molecule has 0 aliphatic carbocycles. The summed E-state index contributed by atoms with van der Waals surface area (Å²) < 4.78 is 0. The van der Waals surface area contributed by atoms with E-state index >= 15 is 0 Å². The van der Waals surface area contributed by atoms with E-state index in [-0.39, 0.29) is 6.10 Å². The van der Waals surface area contributed by atoms with E-state index in [1.165, 1.54) is 0 Å². The first-order valence-electron chi connectivity index (χ1n) is 4.12. The van der Waals surface area contributed by atoms with Crippen LogP contribution >= 0.6 is 0 Å². The minimum atomic E-state index is -0.205. The van der Waals surface area contributed by atoms with Crippen molar-refractivity contribution in [1.82, 2.24) is 4.90 Å². The van der Waals surface area contributed by atoms with Crippen molar-refractivity contribution in [3.8, 4) is 0 Å². The van der Waals surface area contributed by atoms with Gasteiger partial charge in [0, 0.05) is 12.6 Å². The van der Waals surface area contributed by atoms with Gasteiger partial charge in [-0.25, -0.2) is 0 Å². The standard InChI is InChI=1S/C8H20N2O/c1-7(11)4-5-8(6-9)10(2)3/h7-8,11H,4-6,9H2,1-3H3. The first-order valence-corrected chi connectivity index (χ1v) is 4.12. The molecule has 0 amide bonds. The van der Waals surface area contributed by atoms with Crippen LogP contribution in [0.4, 0.5) is 0 Å². The Labute approximate surface area is 69.2 Å². The van der Waals surface area contributed by atoms with Crippen LogP contribution in [-0.2, 0) is 0 Å². The second-order valence-electron chi connectivity index (χ2n) is 3.28. The molecule has 0 saturated heterocycles. The van der Waals surface area contributed by atoms with E-state index in [9.17, 15) is 0 Å². The van der Waals surface area contributed by atoms with Gasteiger partial charge in [0.15, 0.2) is 0 Å². The van der Waals surface area contributed by atoms with Gasteiger partial charge in [0.25, 0.3) is 0 Å². The average molecular weight is 160 g/mol. The molecule has 0 aromatic heterocycles. The van der Waals surface area contributed by atoms with Crippen LogP contribution in [0.2, 0.25) is 0 Å². The number of likely N-dealkylation sites (N-methyl/N-ethyl adjacent to an activating group) is 1. The van der Waals surface area contributed by atoms with Crippen molar-refractivity contribution in [3.05, 3.63) is 0 Å². The smallest absolute Gasteiger partial charge is 0.0512 e. The minimum Gasteiger partial charge on any atom is -0.393 e. The molecule has 0 rings (SSSR count). The van der Waals surface area contributed by atoms with Crippen molar-refractivity contribution in [2.75, 3.05) is 20.6 Å². The van der Waals surface area contributed by atoms with E-state index in [1.54, 1.807) is 0 Å². The summed E-state index contributed by atoms with van der Waals surface area (Å²) in [6.45, 7) is 2.48. The van der Waals surface area contributed by atoms with Crippen LogP contribution in [0.15, 0.2) is 0 Å². The third-order valence-corrected chi connectivity index (χ3v) is 1.92. The summed E-state index contributed by atoms with van der Waals surface area (Å²) in [5, 5.41) is 9.02. The fraction of sp³-hybridized carbons (Fsp3) is 1.00. The van der Waals surface area contributed by atoms with Crippen LogP contribution in [-0.4, -0.2) is 42.8 Å².